The van der Waals surface area contributed by atoms with Crippen LogP contribution in [0.1, 0.15) is 36.7 Å². The largest absolute Gasteiger partial charge is 0.492 e. The number of sulfonamides is 1. The summed E-state index contributed by atoms with van der Waals surface area (Å²) in [5.41, 5.74) is -0.120. The van der Waals surface area contributed by atoms with Crippen molar-refractivity contribution >= 4 is 49.3 Å². The van der Waals surface area contributed by atoms with E-state index in [1.807, 2.05) is 0 Å². The maximum Gasteiger partial charge on any atom is 0.338 e. The summed E-state index contributed by atoms with van der Waals surface area (Å²) in [5.74, 6) is -1.73. The van der Waals surface area contributed by atoms with E-state index in [2.05, 4.69) is 9.71 Å². The topological polar surface area (TPSA) is 128 Å². The van der Waals surface area contributed by atoms with Gasteiger partial charge in [0.25, 0.3) is 10.0 Å². The highest BCUT2D eigenvalue weighted by atomic mass is 32.2. The summed E-state index contributed by atoms with van der Waals surface area (Å²) in [6.45, 7) is 4.93. The van der Waals surface area contributed by atoms with Crippen molar-refractivity contribution in [1.82, 2.24) is 9.71 Å². The number of benzene rings is 3. The summed E-state index contributed by atoms with van der Waals surface area (Å²) in [7, 11) is -4.09. The quantitative estimate of drug-likeness (QED) is 0.291. The minimum atomic E-state index is -4.09. The van der Waals surface area contributed by atoms with Gasteiger partial charge in [-0.1, -0.05) is 48.5 Å². The fourth-order valence-electron chi connectivity index (χ4n) is 4.08. The molecule has 0 aliphatic rings. The first kappa shape index (κ1) is 25.9. The number of nitrogens with zero attached hydrogens (tertiary/aromatic N) is 2. The van der Waals surface area contributed by atoms with Crippen molar-refractivity contribution in [2.24, 2.45) is 5.41 Å². The number of para-hydroxylation sites is 1. The molecule has 0 spiro atoms. The van der Waals surface area contributed by atoms with Gasteiger partial charge in [-0.2, -0.15) is 0 Å². The van der Waals surface area contributed by atoms with Crippen molar-refractivity contribution in [2.45, 2.75) is 25.7 Å². The molecule has 0 unspecified atom stereocenters. The van der Waals surface area contributed by atoms with Gasteiger partial charge in [0.15, 0.2) is 5.78 Å². The molecule has 198 valence electrons. The number of hydrogen-bond acceptors (Lipinski definition) is 7. The van der Waals surface area contributed by atoms with E-state index in [0.29, 0.717) is 16.5 Å². The maximum atomic E-state index is 13.4. The van der Waals surface area contributed by atoms with Crippen LogP contribution in [0.15, 0.2) is 90.0 Å². The van der Waals surface area contributed by atoms with Gasteiger partial charge in [0.2, 0.25) is 5.88 Å². The van der Waals surface area contributed by atoms with Crippen molar-refractivity contribution in [1.29, 1.82) is 0 Å². The zero-order valence-electron chi connectivity index (χ0n) is 21.4. The number of aromatic hydroxyl groups is 1. The van der Waals surface area contributed by atoms with Crippen LogP contribution in [-0.4, -0.2) is 35.0 Å². The summed E-state index contributed by atoms with van der Waals surface area (Å²) in [6, 6.07) is 21.0. The van der Waals surface area contributed by atoms with Crippen molar-refractivity contribution in [3.05, 3.63) is 96.2 Å². The van der Waals surface area contributed by atoms with Crippen LogP contribution in [0.5, 0.6) is 5.88 Å². The summed E-state index contributed by atoms with van der Waals surface area (Å²) < 4.78 is 30.1. The second-order valence-electron chi connectivity index (χ2n) is 9.99. The highest BCUT2D eigenvalue weighted by Gasteiger charge is 2.30. The monoisotopic (exact) mass is 543 g/mol. The fourth-order valence-corrected chi connectivity index (χ4v) is 5.31. The minimum Gasteiger partial charge on any atom is -0.492 e. The number of aromatic nitrogens is 2. The van der Waals surface area contributed by atoms with Crippen LogP contribution in [0.25, 0.3) is 21.8 Å². The lowest BCUT2D eigenvalue weighted by Gasteiger charge is -2.17. The molecule has 5 aromatic rings. The third kappa shape index (κ3) is 4.82. The Labute approximate surface area is 224 Å². The van der Waals surface area contributed by atoms with E-state index in [1.165, 1.54) is 30.5 Å². The van der Waals surface area contributed by atoms with Gasteiger partial charge >= 0.3 is 5.97 Å². The molecule has 0 radical (unpaired) electrons. The predicted molar refractivity (Wildman–Crippen MR) is 147 cm³/mol. The number of carbonyl (C=O) groups excluding carboxylic acids is 2. The molecule has 0 fully saturated rings. The molecule has 2 heterocycles. The Balaban J connectivity index is 1.63. The molecule has 9 nitrogen and oxygen atoms in total. The minimum absolute atomic E-state index is 0.0157. The van der Waals surface area contributed by atoms with Gasteiger partial charge in [0, 0.05) is 22.5 Å². The molecule has 2 N–H and O–H groups in total. The smallest absolute Gasteiger partial charge is 0.338 e. The van der Waals surface area contributed by atoms with Crippen LogP contribution in [0.2, 0.25) is 0 Å². The Morgan fingerprint density at radius 1 is 0.949 bits per heavy atom. The van der Waals surface area contributed by atoms with E-state index >= 15 is 0 Å². The van der Waals surface area contributed by atoms with E-state index in [4.69, 9.17) is 4.84 Å². The zero-order chi connectivity index (χ0) is 27.9. The Kier molecular flexibility index (Phi) is 6.35. The average Bonchev–Trinajstić information content (AvgIpc) is 3.18. The highest BCUT2D eigenvalue weighted by molar-refractivity contribution is 7.93. The van der Waals surface area contributed by atoms with E-state index < -0.39 is 33.1 Å². The van der Waals surface area contributed by atoms with Crippen molar-refractivity contribution in [3.63, 3.8) is 0 Å². The molecule has 0 aliphatic heterocycles. The molecule has 0 saturated heterocycles. The second-order valence-corrected chi connectivity index (χ2v) is 11.6. The van der Waals surface area contributed by atoms with Gasteiger partial charge < -0.3 is 9.94 Å². The molecular formula is C29H25N3O6S. The Hall–Kier alpha value is -4.70. The van der Waals surface area contributed by atoms with Gasteiger partial charge in [0.1, 0.15) is 4.90 Å². The van der Waals surface area contributed by atoms with Crippen molar-refractivity contribution < 1.29 is 28.0 Å². The molecular weight excluding hydrogens is 518 g/mol. The van der Waals surface area contributed by atoms with Crippen LogP contribution in [0.3, 0.4) is 0 Å². The lowest BCUT2D eigenvalue weighted by atomic mass is 9.98. The van der Waals surface area contributed by atoms with Crippen LogP contribution in [-0.2, 0) is 14.8 Å². The molecule has 0 bridgehead atoms. The first-order valence-electron chi connectivity index (χ1n) is 12.0. The number of nitrogens with one attached hydrogen (secondary N) is 1. The molecule has 0 atom stereocenters. The third-order valence-corrected chi connectivity index (χ3v) is 7.50. The average molecular weight is 544 g/mol. The normalized spacial score (nSPS) is 12.0. The van der Waals surface area contributed by atoms with E-state index in [9.17, 15) is 23.1 Å². The van der Waals surface area contributed by atoms with Crippen LogP contribution in [0.4, 0.5) is 5.69 Å². The zero-order valence-corrected chi connectivity index (χ0v) is 22.2. The Bertz CT molecular complexity index is 1850. The fraction of sp³-hybridized carbons (Fsp3) is 0.138. The van der Waals surface area contributed by atoms with Crippen LogP contribution in [0, 0.1) is 5.41 Å². The first-order valence-corrected chi connectivity index (χ1v) is 13.5. The van der Waals surface area contributed by atoms with Gasteiger partial charge in [-0.3, -0.25) is 14.5 Å². The molecule has 10 heteroatoms. The molecule has 3 aromatic carbocycles. The number of ketones is 1. The number of carbonyl (C=O) groups is 2. The maximum absolute atomic E-state index is 13.4. The highest BCUT2D eigenvalue weighted by Crippen LogP contribution is 2.35. The molecule has 2 aromatic heterocycles. The van der Waals surface area contributed by atoms with E-state index in [0.717, 1.165) is 4.73 Å². The standard InChI is InChI=1S/C29H25N3O6S/c1-29(2,3)28(35)38-32-22-17-20(31-39(36,37)23-13-7-11-18-12-8-16-30-25(18)23)14-15-21(22)24(27(32)34)26(33)19-9-5-4-6-10-19/h4-17,31,34H,1-3H3. The number of rotatable bonds is 6. The molecule has 5 rings (SSSR count). The lowest BCUT2D eigenvalue weighted by molar-refractivity contribution is -0.153. The summed E-state index contributed by atoms with van der Waals surface area (Å²) in [6.07, 6.45) is 1.51. The van der Waals surface area contributed by atoms with Gasteiger partial charge in [-0.15, -0.1) is 4.73 Å². The third-order valence-electron chi connectivity index (χ3n) is 6.09. The van der Waals surface area contributed by atoms with Crippen molar-refractivity contribution in [3.8, 4) is 5.88 Å². The van der Waals surface area contributed by atoms with Gasteiger partial charge in [-0.05, 0) is 51.1 Å². The Morgan fingerprint density at radius 3 is 2.38 bits per heavy atom. The second kappa shape index (κ2) is 9.55. The summed E-state index contributed by atoms with van der Waals surface area (Å²) in [4.78, 5) is 35.8. The van der Waals surface area contributed by atoms with E-state index in [1.54, 1.807) is 75.4 Å². The number of fused-ring (bicyclic) bond motifs is 2. The lowest BCUT2D eigenvalue weighted by Crippen LogP contribution is -2.31. The van der Waals surface area contributed by atoms with E-state index in [-0.39, 0.29) is 27.0 Å². The molecule has 39 heavy (non-hydrogen) atoms. The van der Waals surface area contributed by atoms with Crippen molar-refractivity contribution in [2.75, 3.05) is 4.72 Å². The predicted octanol–water partition coefficient (Wildman–Crippen LogP) is 4.93. The van der Waals surface area contributed by atoms with Gasteiger partial charge in [0.05, 0.1) is 27.7 Å². The van der Waals surface area contributed by atoms with Crippen LogP contribution >= 0.6 is 0 Å². The first-order chi connectivity index (χ1) is 18.5. The summed E-state index contributed by atoms with van der Waals surface area (Å²) in [5, 5.41) is 12.0. The van der Waals surface area contributed by atoms with Gasteiger partial charge in [-0.25, -0.2) is 13.2 Å². The molecule has 0 amide bonds. The molecule has 0 aliphatic carbocycles. The van der Waals surface area contributed by atoms with Crippen LogP contribution < -0.4 is 9.56 Å². The number of pyridine rings is 1. The SMILES string of the molecule is CC(C)(C)C(=O)On1c(O)c(C(=O)c2ccccc2)c2ccc(NS(=O)(=O)c3cccc4cccnc34)cc21. The number of anilines is 1. The number of hydrogen-bond donors (Lipinski definition) is 2. The summed E-state index contributed by atoms with van der Waals surface area (Å²) >= 11 is 0. The molecule has 0 saturated carbocycles. The Morgan fingerprint density at radius 2 is 1.67 bits per heavy atom.